The Kier molecular flexibility index (Phi) is 3.68. The molecular weight excluding hydrogens is 332 g/mol. The van der Waals surface area contributed by atoms with Crippen LogP contribution in [0.15, 0.2) is 36.4 Å². The van der Waals surface area contributed by atoms with Gasteiger partial charge in [0.25, 0.3) is 0 Å². The first-order chi connectivity index (χ1) is 12.4. The fourth-order valence-corrected chi connectivity index (χ4v) is 3.39. The van der Waals surface area contributed by atoms with Crippen LogP contribution in [0.1, 0.15) is 41.3 Å². The van der Waals surface area contributed by atoms with Crippen LogP contribution in [0.2, 0.25) is 0 Å². The molecule has 2 heterocycles. The van der Waals surface area contributed by atoms with Gasteiger partial charge in [-0.1, -0.05) is 6.07 Å². The highest BCUT2D eigenvalue weighted by atomic mass is 16.5. The fourth-order valence-electron chi connectivity index (χ4n) is 3.39. The van der Waals surface area contributed by atoms with Gasteiger partial charge in [-0.15, -0.1) is 0 Å². The Hall–Kier alpha value is -2.95. The van der Waals surface area contributed by atoms with Gasteiger partial charge < -0.3 is 19.3 Å². The van der Waals surface area contributed by atoms with E-state index in [0.717, 1.165) is 5.56 Å². The highest BCUT2D eigenvalue weighted by molar-refractivity contribution is 6.05. The number of hydrogen-bond donors (Lipinski definition) is 1. The minimum atomic E-state index is -0.559. The second kappa shape index (κ2) is 5.80. The highest BCUT2D eigenvalue weighted by Crippen LogP contribution is 2.44. The minimum absolute atomic E-state index is 0.0256. The van der Waals surface area contributed by atoms with Gasteiger partial charge in [-0.25, -0.2) is 0 Å². The number of aromatic hydroxyl groups is 1. The predicted molar refractivity (Wildman–Crippen MR) is 97.4 cm³/mol. The van der Waals surface area contributed by atoms with Crippen molar-refractivity contribution in [3.05, 3.63) is 53.1 Å². The van der Waals surface area contributed by atoms with Crippen LogP contribution in [0.25, 0.3) is 6.08 Å². The van der Waals surface area contributed by atoms with E-state index in [9.17, 15) is 9.90 Å². The van der Waals surface area contributed by atoms with E-state index in [4.69, 9.17) is 14.2 Å². The number of benzene rings is 2. The molecule has 0 radical (unpaired) electrons. The van der Waals surface area contributed by atoms with Crippen molar-refractivity contribution in [1.29, 1.82) is 0 Å². The number of hydrogen-bond acceptors (Lipinski definition) is 5. The van der Waals surface area contributed by atoms with Gasteiger partial charge in [-0.2, -0.15) is 0 Å². The van der Waals surface area contributed by atoms with Crippen molar-refractivity contribution in [2.75, 3.05) is 13.7 Å². The number of ether oxygens (including phenoxy) is 3. The Labute approximate surface area is 151 Å². The summed E-state index contributed by atoms with van der Waals surface area (Å²) in [5.41, 5.74) is 1.43. The van der Waals surface area contributed by atoms with E-state index in [-0.39, 0.29) is 18.1 Å². The maximum atomic E-state index is 13.0. The third kappa shape index (κ3) is 2.60. The van der Waals surface area contributed by atoms with Crippen molar-refractivity contribution < 1.29 is 24.1 Å². The number of phenolic OH excluding ortho intramolecular Hbond substituents is 1. The molecule has 0 aromatic heterocycles. The van der Waals surface area contributed by atoms with E-state index in [1.54, 1.807) is 24.3 Å². The summed E-state index contributed by atoms with van der Waals surface area (Å²) in [6, 6.07) is 8.47. The van der Waals surface area contributed by atoms with E-state index >= 15 is 0 Å². The molecule has 2 aliphatic heterocycles. The molecule has 4 rings (SSSR count). The highest BCUT2D eigenvalue weighted by Gasteiger charge is 2.35. The van der Waals surface area contributed by atoms with Gasteiger partial charge in [0.1, 0.15) is 35.2 Å². The smallest absolute Gasteiger partial charge is 0.177 e. The van der Waals surface area contributed by atoms with Crippen LogP contribution in [0.3, 0.4) is 0 Å². The number of carbonyl (C=O) groups is 1. The summed E-state index contributed by atoms with van der Waals surface area (Å²) in [7, 11) is 1.53. The van der Waals surface area contributed by atoms with Crippen LogP contribution in [0.4, 0.5) is 0 Å². The van der Waals surface area contributed by atoms with Crippen molar-refractivity contribution >= 4 is 11.9 Å². The maximum Gasteiger partial charge on any atom is 0.177 e. The lowest BCUT2D eigenvalue weighted by Crippen LogP contribution is -2.30. The first-order valence-corrected chi connectivity index (χ1v) is 8.49. The lowest BCUT2D eigenvalue weighted by atomic mass is 9.86. The van der Waals surface area contributed by atoms with Crippen LogP contribution < -0.4 is 14.2 Å². The summed E-state index contributed by atoms with van der Waals surface area (Å²) < 4.78 is 17.0. The largest absolute Gasteiger partial charge is 0.508 e. The maximum absolute atomic E-state index is 13.0. The van der Waals surface area contributed by atoms with Crippen molar-refractivity contribution in [3.63, 3.8) is 0 Å². The van der Waals surface area contributed by atoms with Crippen molar-refractivity contribution in [3.8, 4) is 23.0 Å². The monoisotopic (exact) mass is 352 g/mol. The van der Waals surface area contributed by atoms with Crippen molar-refractivity contribution in [2.45, 2.75) is 25.4 Å². The number of rotatable bonds is 2. The first kappa shape index (κ1) is 16.5. The first-order valence-electron chi connectivity index (χ1n) is 8.49. The van der Waals surface area contributed by atoms with Crippen LogP contribution in [0, 0.1) is 0 Å². The summed E-state index contributed by atoms with van der Waals surface area (Å²) in [5, 5.41) is 10.3. The summed E-state index contributed by atoms with van der Waals surface area (Å²) >= 11 is 0. The van der Waals surface area contributed by atoms with Gasteiger partial charge in [0, 0.05) is 11.6 Å². The standard InChI is InChI=1S/C21H20O5/c1-21(2)9-8-14-18(26-21)7-6-15-19(23)16(11-25-20(14)15)13-5-4-12(24-3)10-17(13)22/h4-10,16,22H,11H2,1-3H3. The van der Waals surface area contributed by atoms with E-state index in [0.29, 0.717) is 28.4 Å². The lowest BCUT2D eigenvalue weighted by molar-refractivity contribution is 0.0892. The molecule has 1 N–H and O–H groups in total. The molecule has 0 saturated carbocycles. The third-order valence-corrected chi connectivity index (χ3v) is 4.77. The molecule has 5 nitrogen and oxygen atoms in total. The summed E-state index contributed by atoms with van der Waals surface area (Å²) in [6.07, 6.45) is 3.89. The number of methoxy groups -OCH3 is 1. The van der Waals surface area contributed by atoms with E-state index in [1.807, 2.05) is 26.0 Å². The zero-order chi connectivity index (χ0) is 18.5. The van der Waals surface area contributed by atoms with Gasteiger partial charge in [0.05, 0.1) is 24.2 Å². The van der Waals surface area contributed by atoms with Crippen LogP contribution >= 0.6 is 0 Å². The molecule has 2 aromatic rings. The topological polar surface area (TPSA) is 65.0 Å². The van der Waals surface area contributed by atoms with Gasteiger partial charge in [-0.05, 0) is 44.2 Å². The predicted octanol–water partition coefficient (Wildman–Crippen LogP) is 3.94. The van der Waals surface area contributed by atoms with E-state index in [2.05, 4.69) is 0 Å². The lowest BCUT2D eigenvalue weighted by Gasteiger charge is -2.32. The second-order valence-electron chi connectivity index (χ2n) is 7.05. The zero-order valence-corrected chi connectivity index (χ0v) is 14.9. The molecule has 134 valence electrons. The average Bonchev–Trinajstić information content (AvgIpc) is 2.61. The quantitative estimate of drug-likeness (QED) is 0.887. The molecule has 0 aliphatic carbocycles. The van der Waals surface area contributed by atoms with Crippen LogP contribution in [0.5, 0.6) is 23.0 Å². The summed E-state index contributed by atoms with van der Waals surface area (Å²) in [6.45, 7) is 4.11. The van der Waals surface area contributed by atoms with E-state index in [1.165, 1.54) is 13.2 Å². The number of phenols is 1. The molecule has 5 heteroatoms. The summed E-state index contributed by atoms with van der Waals surface area (Å²) in [4.78, 5) is 13.0. The number of ketones is 1. The molecule has 0 amide bonds. The Balaban J connectivity index is 1.72. The van der Waals surface area contributed by atoms with Gasteiger partial charge in [0.15, 0.2) is 5.78 Å². The third-order valence-electron chi connectivity index (χ3n) is 4.77. The molecule has 1 unspecified atom stereocenters. The summed E-state index contributed by atoms with van der Waals surface area (Å²) in [5.74, 6) is 1.18. The van der Waals surface area contributed by atoms with Gasteiger partial charge in [-0.3, -0.25) is 4.79 Å². The molecule has 26 heavy (non-hydrogen) atoms. The zero-order valence-electron chi connectivity index (χ0n) is 14.9. The SMILES string of the molecule is COc1ccc(C2COc3c(ccc4c3C=CC(C)(C)O4)C2=O)c(O)c1. The normalized spacial score (nSPS) is 19.8. The van der Waals surface area contributed by atoms with Crippen LogP contribution in [-0.2, 0) is 0 Å². The molecule has 1 atom stereocenters. The van der Waals surface area contributed by atoms with Gasteiger partial charge >= 0.3 is 0 Å². The molecule has 2 aliphatic rings. The molecule has 0 spiro atoms. The molecule has 0 bridgehead atoms. The Bertz CT molecular complexity index is 926. The molecular formula is C21H20O5. The van der Waals surface area contributed by atoms with Gasteiger partial charge in [0.2, 0.25) is 0 Å². The Morgan fingerprint density at radius 3 is 2.77 bits per heavy atom. The number of carbonyl (C=O) groups excluding carboxylic acids is 1. The van der Waals surface area contributed by atoms with Crippen LogP contribution in [-0.4, -0.2) is 30.2 Å². The molecule has 0 fully saturated rings. The average molecular weight is 352 g/mol. The Morgan fingerprint density at radius 2 is 2.04 bits per heavy atom. The van der Waals surface area contributed by atoms with Crippen molar-refractivity contribution in [1.82, 2.24) is 0 Å². The molecule has 0 saturated heterocycles. The van der Waals surface area contributed by atoms with E-state index < -0.39 is 11.5 Å². The number of fused-ring (bicyclic) bond motifs is 3. The second-order valence-corrected chi connectivity index (χ2v) is 7.05. The Morgan fingerprint density at radius 1 is 1.23 bits per heavy atom. The number of Topliss-reactive ketones (excluding diaryl/α,β-unsaturated/α-hetero) is 1. The van der Waals surface area contributed by atoms with Crippen molar-refractivity contribution in [2.24, 2.45) is 0 Å². The fraction of sp³-hybridized carbons (Fsp3) is 0.286. The molecule has 2 aromatic carbocycles. The minimum Gasteiger partial charge on any atom is -0.508 e.